The standard InChI is InChI=1S/C15H23N3O11/c19-10(16-9(15(28)29)1-2-11(20)21)5-17(6-12(22)23)3-4-18(7-13(24)25)8-14(26)27/h9H,1-8H2,(H,16,19)(H,20,21)(H,22,23)(H,24,25)(H,26,27)(H,28,29). The molecule has 0 heterocycles. The predicted octanol–water partition coefficient (Wildman–Crippen LogP) is -2.72. The normalized spacial score (nSPS) is 11.8. The topological polar surface area (TPSA) is 222 Å². The summed E-state index contributed by atoms with van der Waals surface area (Å²) in [6, 6.07) is -1.49. The third-order valence-electron chi connectivity index (χ3n) is 3.46. The van der Waals surface area contributed by atoms with Crippen LogP contribution in [0.15, 0.2) is 0 Å². The molecule has 0 bridgehead atoms. The molecular weight excluding hydrogens is 398 g/mol. The molecular formula is C15H23N3O11. The molecule has 0 rings (SSSR count). The first-order chi connectivity index (χ1) is 13.4. The molecule has 0 aromatic heterocycles. The molecule has 1 atom stereocenters. The van der Waals surface area contributed by atoms with E-state index < -0.39 is 74.4 Å². The number of amides is 1. The lowest BCUT2D eigenvalue weighted by molar-refractivity contribution is -0.144. The highest BCUT2D eigenvalue weighted by Crippen LogP contribution is 2.00. The lowest BCUT2D eigenvalue weighted by Crippen LogP contribution is -2.48. The van der Waals surface area contributed by atoms with Crippen molar-refractivity contribution < 1.29 is 54.3 Å². The molecule has 0 aromatic rings. The molecule has 0 aromatic carbocycles. The summed E-state index contributed by atoms with van der Waals surface area (Å²) in [5, 5.41) is 46.2. The van der Waals surface area contributed by atoms with Crippen LogP contribution in [0, 0.1) is 0 Å². The third kappa shape index (κ3) is 13.5. The van der Waals surface area contributed by atoms with E-state index in [1.807, 2.05) is 0 Å². The maximum Gasteiger partial charge on any atom is 0.326 e. The van der Waals surface area contributed by atoms with Crippen LogP contribution in [-0.2, 0) is 28.8 Å². The summed E-state index contributed by atoms with van der Waals surface area (Å²) in [5.74, 6) is -7.50. The average molecular weight is 421 g/mol. The Hall–Kier alpha value is -3.26. The van der Waals surface area contributed by atoms with Gasteiger partial charge in [-0.2, -0.15) is 0 Å². The molecule has 0 aliphatic rings. The van der Waals surface area contributed by atoms with E-state index >= 15 is 0 Å². The SMILES string of the molecule is O=C(O)CCC(NC(=O)CN(CCN(CC(=O)O)CC(=O)O)CC(=O)O)C(=O)O. The van der Waals surface area contributed by atoms with Crippen molar-refractivity contribution in [2.24, 2.45) is 0 Å². The Morgan fingerprint density at radius 3 is 1.41 bits per heavy atom. The Kier molecular flexibility index (Phi) is 11.5. The number of carboxylic acids is 5. The van der Waals surface area contributed by atoms with Crippen molar-refractivity contribution in [3.63, 3.8) is 0 Å². The van der Waals surface area contributed by atoms with Gasteiger partial charge in [0.2, 0.25) is 5.91 Å². The number of carbonyl (C=O) groups is 6. The van der Waals surface area contributed by atoms with Crippen LogP contribution in [0.5, 0.6) is 0 Å². The van der Waals surface area contributed by atoms with E-state index in [-0.39, 0.29) is 19.5 Å². The Morgan fingerprint density at radius 1 is 0.655 bits per heavy atom. The molecule has 1 unspecified atom stereocenters. The molecule has 0 saturated carbocycles. The first-order valence-electron chi connectivity index (χ1n) is 8.24. The lowest BCUT2D eigenvalue weighted by Gasteiger charge is -2.25. The quantitative estimate of drug-likeness (QED) is 0.149. The summed E-state index contributed by atoms with van der Waals surface area (Å²) in [7, 11) is 0. The van der Waals surface area contributed by atoms with E-state index in [1.54, 1.807) is 0 Å². The highest BCUT2D eigenvalue weighted by atomic mass is 16.4. The number of rotatable bonds is 16. The molecule has 0 radical (unpaired) electrons. The fourth-order valence-electron chi connectivity index (χ4n) is 2.25. The van der Waals surface area contributed by atoms with Gasteiger partial charge < -0.3 is 30.8 Å². The van der Waals surface area contributed by atoms with Gasteiger partial charge >= 0.3 is 29.8 Å². The van der Waals surface area contributed by atoms with E-state index in [2.05, 4.69) is 5.32 Å². The highest BCUT2D eigenvalue weighted by molar-refractivity contribution is 5.85. The summed E-state index contributed by atoms with van der Waals surface area (Å²) in [5.41, 5.74) is 0. The molecule has 14 nitrogen and oxygen atoms in total. The van der Waals surface area contributed by atoms with E-state index in [0.29, 0.717) is 0 Å². The minimum atomic E-state index is -1.49. The number of aliphatic carboxylic acids is 5. The summed E-state index contributed by atoms with van der Waals surface area (Å²) in [6.07, 6.45) is -0.879. The van der Waals surface area contributed by atoms with Crippen LogP contribution in [0.4, 0.5) is 0 Å². The Labute approximate surface area is 164 Å². The first kappa shape index (κ1) is 25.7. The molecule has 0 saturated heterocycles. The molecule has 6 N–H and O–H groups in total. The summed E-state index contributed by atoms with van der Waals surface area (Å²) >= 11 is 0. The molecule has 1 amide bonds. The number of nitrogens with one attached hydrogen (secondary N) is 1. The van der Waals surface area contributed by atoms with Crippen molar-refractivity contribution in [3.8, 4) is 0 Å². The summed E-state index contributed by atoms with van der Waals surface area (Å²) < 4.78 is 0. The van der Waals surface area contributed by atoms with Crippen LogP contribution in [0.2, 0.25) is 0 Å². The van der Waals surface area contributed by atoms with Gasteiger partial charge in [-0.15, -0.1) is 0 Å². The van der Waals surface area contributed by atoms with Crippen molar-refractivity contribution in [3.05, 3.63) is 0 Å². The average Bonchev–Trinajstić information content (AvgIpc) is 2.54. The van der Waals surface area contributed by atoms with Gasteiger partial charge in [-0.3, -0.25) is 33.8 Å². The van der Waals surface area contributed by atoms with Gasteiger partial charge in [-0.1, -0.05) is 0 Å². The largest absolute Gasteiger partial charge is 0.481 e. The zero-order chi connectivity index (χ0) is 22.6. The van der Waals surface area contributed by atoms with E-state index in [1.165, 1.54) is 0 Å². The predicted molar refractivity (Wildman–Crippen MR) is 92.2 cm³/mol. The number of hydrogen-bond acceptors (Lipinski definition) is 8. The van der Waals surface area contributed by atoms with Crippen LogP contribution in [0.25, 0.3) is 0 Å². The third-order valence-corrected chi connectivity index (χ3v) is 3.46. The minimum Gasteiger partial charge on any atom is -0.481 e. The van der Waals surface area contributed by atoms with Crippen LogP contribution in [0.3, 0.4) is 0 Å². The van der Waals surface area contributed by atoms with Gasteiger partial charge in [-0.25, -0.2) is 4.79 Å². The monoisotopic (exact) mass is 421 g/mol. The molecule has 164 valence electrons. The van der Waals surface area contributed by atoms with Crippen molar-refractivity contribution in [1.29, 1.82) is 0 Å². The summed E-state index contributed by atoms with van der Waals surface area (Å²) in [6.45, 7) is -2.82. The van der Waals surface area contributed by atoms with Gasteiger partial charge in [0.1, 0.15) is 6.04 Å². The molecule has 14 heteroatoms. The second-order valence-corrected chi connectivity index (χ2v) is 5.99. The van der Waals surface area contributed by atoms with Gasteiger partial charge in [0, 0.05) is 19.5 Å². The second kappa shape index (κ2) is 13.0. The zero-order valence-electron chi connectivity index (χ0n) is 15.3. The number of hydrogen-bond donors (Lipinski definition) is 6. The maximum absolute atomic E-state index is 12.0. The Morgan fingerprint density at radius 2 is 1.07 bits per heavy atom. The van der Waals surface area contributed by atoms with Crippen molar-refractivity contribution in [1.82, 2.24) is 15.1 Å². The van der Waals surface area contributed by atoms with Crippen molar-refractivity contribution in [2.45, 2.75) is 18.9 Å². The van der Waals surface area contributed by atoms with E-state index in [0.717, 1.165) is 9.80 Å². The van der Waals surface area contributed by atoms with Gasteiger partial charge in [0.05, 0.1) is 26.2 Å². The molecule has 0 spiro atoms. The van der Waals surface area contributed by atoms with Crippen molar-refractivity contribution >= 4 is 35.8 Å². The number of nitrogens with zero attached hydrogens (tertiary/aromatic N) is 2. The molecule has 0 fully saturated rings. The Bertz CT molecular complexity index is 621. The summed E-state index contributed by atoms with van der Waals surface area (Å²) in [4.78, 5) is 68.3. The fraction of sp³-hybridized carbons (Fsp3) is 0.600. The first-order valence-corrected chi connectivity index (χ1v) is 8.24. The van der Waals surface area contributed by atoms with Crippen molar-refractivity contribution in [2.75, 3.05) is 39.3 Å². The van der Waals surface area contributed by atoms with Crippen LogP contribution in [0.1, 0.15) is 12.8 Å². The smallest absolute Gasteiger partial charge is 0.326 e. The van der Waals surface area contributed by atoms with E-state index in [4.69, 9.17) is 25.5 Å². The Balaban J connectivity index is 4.94. The fourth-order valence-corrected chi connectivity index (χ4v) is 2.25. The van der Waals surface area contributed by atoms with Crippen LogP contribution < -0.4 is 5.32 Å². The van der Waals surface area contributed by atoms with Gasteiger partial charge in [-0.05, 0) is 6.42 Å². The minimum absolute atomic E-state index is 0.180. The number of carboxylic acid groups (broad SMARTS) is 5. The van der Waals surface area contributed by atoms with Gasteiger partial charge in [0.25, 0.3) is 0 Å². The number of carbonyl (C=O) groups excluding carboxylic acids is 1. The maximum atomic E-state index is 12.0. The van der Waals surface area contributed by atoms with Crippen LogP contribution >= 0.6 is 0 Å². The highest BCUT2D eigenvalue weighted by Gasteiger charge is 2.23. The molecule has 0 aliphatic heterocycles. The van der Waals surface area contributed by atoms with E-state index in [9.17, 15) is 28.8 Å². The lowest BCUT2D eigenvalue weighted by atomic mass is 10.1. The zero-order valence-corrected chi connectivity index (χ0v) is 15.3. The molecule has 29 heavy (non-hydrogen) atoms. The second-order valence-electron chi connectivity index (χ2n) is 5.99. The van der Waals surface area contributed by atoms with Gasteiger partial charge in [0.15, 0.2) is 0 Å². The van der Waals surface area contributed by atoms with Crippen LogP contribution in [-0.4, -0.2) is 116 Å². The molecule has 0 aliphatic carbocycles.